The number of rotatable bonds is 2. The molecule has 2 heterocycles. The third-order valence-electron chi connectivity index (χ3n) is 2.62. The first-order valence-corrected chi connectivity index (χ1v) is 7.67. The van der Waals surface area contributed by atoms with Crippen molar-refractivity contribution >= 4 is 29.3 Å². The zero-order valence-electron chi connectivity index (χ0n) is 9.64. The predicted octanol–water partition coefficient (Wildman–Crippen LogP) is 2.53. The smallest absolute Gasteiger partial charge is 0.145 e. The van der Waals surface area contributed by atoms with Crippen LogP contribution in [0.4, 0.5) is 5.82 Å². The Kier molecular flexibility index (Phi) is 3.97. The Morgan fingerprint density at radius 2 is 2.12 bits per heavy atom. The van der Waals surface area contributed by atoms with Gasteiger partial charge in [0.1, 0.15) is 11.6 Å². The lowest BCUT2D eigenvalue weighted by atomic mass is 10.2. The van der Waals surface area contributed by atoms with Gasteiger partial charge in [-0.25, -0.2) is 9.97 Å². The number of aromatic nitrogens is 2. The topological polar surface area (TPSA) is 51.8 Å². The van der Waals surface area contributed by atoms with E-state index in [2.05, 4.69) is 23.8 Å². The number of hydrogen-bond donors (Lipinski definition) is 1. The first-order chi connectivity index (χ1) is 7.70. The van der Waals surface area contributed by atoms with Crippen LogP contribution < -0.4 is 5.73 Å². The molecular formula is C11H17N3S2. The molecule has 1 aromatic rings. The lowest BCUT2D eigenvalue weighted by molar-refractivity contribution is 0.807. The summed E-state index contributed by atoms with van der Waals surface area (Å²) in [6, 6.07) is 1.87. The largest absolute Gasteiger partial charge is 0.384 e. The summed E-state index contributed by atoms with van der Waals surface area (Å²) in [6.45, 7) is 4.34. The fourth-order valence-electron chi connectivity index (χ4n) is 1.76. The number of nitrogens with zero attached hydrogens (tertiary/aromatic N) is 2. The fourth-order valence-corrected chi connectivity index (χ4v) is 4.45. The maximum absolute atomic E-state index is 5.82. The van der Waals surface area contributed by atoms with E-state index >= 15 is 0 Å². The Balaban J connectivity index is 2.27. The molecule has 0 aliphatic carbocycles. The van der Waals surface area contributed by atoms with E-state index in [-0.39, 0.29) is 0 Å². The molecule has 0 bridgehead atoms. The van der Waals surface area contributed by atoms with Gasteiger partial charge in [0.15, 0.2) is 0 Å². The van der Waals surface area contributed by atoms with Gasteiger partial charge in [-0.3, -0.25) is 0 Å². The van der Waals surface area contributed by atoms with E-state index in [1.54, 1.807) is 0 Å². The van der Waals surface area contributed by atoms with Crippen LogP contribution in [0.1, 0.15) is 30.6 Å². The van der Waals surface area contributed by atoms with E-state index in [1.807, 2.05) is 29.6 Å². The molecular weight excluding hydrogens is 238 g/mol. The first-order valence-electron chi connectivity index (χ1n) is 5.57. The minimum Gasteiger partial charge on any atom is -0.384 e. The van der Waals surface area contributed by atoms with Crippen molar-refractivity contribution in [3.63, 3.8) is 0 Å². The molecule has 0 spiro atoms. The lowest BCUT2D eigenvalue weighted by Crippen LogP contribution is -2.19. The van der Waals surface area contributed by atoms with Crippen LogP contribution in [0.15, 0.2) is 6.07 Å². The second-order valence-corrected chi connectivity index (χ2v) is 6.60. The van der Waals surface area contributed by atoms with Crippen molar-refractivity contribution in [1.29, 1.82) is 0 Å². The van der Waals surface area contributed by atoms with Gasteiger partial charge in [0.25, 0.3) is 0 Å². The van der Waals surface area contributed by atoms with Gasteiger partial charge in [-0.2, -0.15) is 11.8 Å². The SMILES string of the molecule is CCc1cc(N)nc(C2SCCSC2C)n1. The Morgan fingerprint density at radius 1 is 1.38 bits per heavy atom. The molecule has 2 rings (SSSR count). The highest BCUT2D eigenvalue weighted by atomic mass is 32.2. The molecule has 0 amide bonds. The number of aryl methyl sites for hydroxylation is 1. The summed E-state index contributed by atoms with van der Waals surface area (Å²) in [4.78, 5) is 8.99. The van der Waals surface area contributed by atoms with E-state index in [0.717, 1.165) is 17.9 Å². The van der Waals surface area contributed by atoms with E-state index in [4.69, 9.17) is 5.73 Å². The molecule has 2 unspecified atom stereocenters. The van der Waals surface area contributed by atoms with Crippen molar-refractivity contribution in [2.45, 2.75) is 30.8 Å². The van der Waals surface area contributed by atoms with Crippen molar-refractivity contribution in [2.24, 2.45) is 0 Å². The Hall–Kier alpha value is -0.420. The molecule has 0 aromatic carbocycles. The van der Waals surface area contributed by atoms with Gasteiger partial charge in [-0.05, 0) is 6.42 Å². The average Bonchev–Trinajstić information content (AvgIpc) is 2.28. The van der Waals surface area contributed by atoms with Crippen molar-refractivity contribution in [2.75, 3.05) is 17.2 Å². The molecule has 1 fully saturated rings. The van der Waals surface area contributed by atoms with Crippen LogP contribution in [0.5, 0.6) is 0 Å². The highest BCUT2D eigenvalue weighted by Crippen LogP contribution is 2.41. The standard InChI is InChI=1S/C11H17N3S2/c1-3-8-6-9(12)14-11(13-8)10-7(2)15-4-5-16-10/h6-7,10H,3-5H2,1-2H3,(H2,12,13,14). The summed E-state index contributed by atoms with van der Waals surface area (Å²) < 4.78 is 0. The van der Waals surface area contributed by atoms with Crippen molar-refractivity contribution in [1.82, 2.24) is 9.97 Å². The van der Waals surface area contributed by atoms with E-state index in [1.165, 1.54) is 11.5 Å². The normalized spacial score (nSPS) is 25.6. The highest BCUT2D eigenvalue weighted by Gasteiger charge is 2.26. The molecule has 16 heavy (non-hydrogen) atoms. The molecule has 0 radical (unpaired) electrons. The van der Waals surface area contributed by atoms with Crippen molar-refractivity contribution < 1.29 is 0 Å². The quantitative estimate of drug-likeness (QED) is 0.880. The second-order valence-electron chi connectivity index (χ2n) is 3.86. The minimum absolute atomic E-state index is 0.396. The first kappa shape index (κ1) is 12.0. The molecule has 1 aromatic heterocycles. The van der Waals surface area contributed by atoms with Gasteiger partial charge in [-0.15, -0.1) is 11.8 Å². The van der Waals surface area contributed by atoms with Crippen molar-refractivity contribution in [3.8, 4) is 0 Å². The monoisotopic (exact) mass is 255 g/mol. The van der Waals surface area contributed by atoms with E-state index < -0.39 is 0 Å². The van der Waals surface area contributed by atoms with Crippen LogP contribution in [0.25, 0.3) is 0 Å². The zero-order valence-corrected chi connectivity index (χ0v) is 11.3. The molecule has 1 aliphatic rings. The molecule has 2 atom stereocenters. The van der Waals surface area contributed by atoms with Gasteiger partial charge in [-0.1, -0.05) is 13.8 Å². The highest BCUT2D eigenvalue weighted by molar-refractivity contribution is 8.06. The van der Waals surface area contributed by atoms with Gasteiger partial charge in [0.05, 0.1) is 5.25 Å². The van der Waals surface area contributed by atoms with Crippen LogP contribution in [0, 0.1) is 0 Å². The molecule has 88 valence electrons. The molecule has 2 N–H and O–H groups in total. The number of thioether (sulfide) groups is 2. The molecule has 1 saturated heterocycles. The second kappa shape index (κ2) is 5.27. The summed E-state index contributed by atoms with van der Waals surface area (Å²) >= 11 is 3.95. The van der Waals surface area contributed by atoms with Gasteiger partial charge in [0.2, 0.25) is 0 Å². The fraction of sp³-hybridized carbons (Fsp3) is 0.636. The average molecular weight is 255 g/mol. The van der Waals surface area contributed by atoms with Gasteiger partial charge in [0, 0.05) is 28.5 Å². The number of nitrogens with two attached hydrogens (primary N) is 1. The van der Waals surface area contributed by atoms with Crippen LogP contribution in [-0.4, -0.2) is 26.7 Å². The zero-order chi connectivity index (χ0) is 11.5. The summed E-state index contributed by atoms with van der Waals surface area (Å²) in [7, 11) is 0. The lowest BCUT2D eigenvalue weighted by Gasteiger charge is -2.26. The Bertz CT molecular complexity index is 370. The number of anilines is 1. The minimum atomic E-state index is 0.396. The Morgan fingerprint density at radius 3 is 2.81 bits per heavy atom. The Labute approximate surface area is 105 Å². The molecule has 3 nitrogen and oxygen atoms in total. The van der Waals surface area contributed by atoms with Crippen LogP contribution in [0.2, 0.25) is 0 Å². The third-order valence-corrected chi connectivity index (χ3v) is 5.71. The van der Waals surface area contributed by atoms with Crippen LogP contribution in [-0.2, 0) is 6.42 Å². The van der Waals surface area contributed by atoms with Crippen LogP contribution >= 0.6 is 23.5 Å². The maximum Gasteiger partial charge on any atom is 0.145 e. The number of hydrogen-bond acceptors (Lipinski definition) is 5. The van der Waals surface area contributed by atoms with Gasteiger partial charge < -0.3 is 5.73 Å². The maximum atomic E-state index is 5.82. The van der Waals surface area contributed by atoms with E-state index in [9.17, 15) is 0 Å². The molecule has 0 saturated carbocycles. The molecule has 1 aliphatic heterocycles. The summed E-state index contributed by atoms with van der Waals surface area (Å²) in [5.74, 6) is 3.93. The third kappa shape index (κ3) is 2.63. The predicted molar refractivity (Wildman–Crippen MR) is 72.9 cm³/mol. The summed E-state index contributed by atoms with van der Waals surface area (Å²) in [5, 5.41) is 0.970. The summed E-state index contributed by atoms with van der Waals surface area (Å²) in [5.41, 5.74) is 6.87. The van der Waals surface area contributed by atoms with Crippen LogP contribution in [0.3, 0.4) is 0 Å². The molecule has 5 heteroatoms. The van der Waals surface area contributed by atoms with Gasteiger partial charge >= 0.3 is 0 Å². The van der Waals surface area contributed by atoms with Crippen molar-refractivity contribution in [3.05, 3.63) is 17.6 Å². The number of nitrogen functional groups attached to an aromatic ring is 1. The van der Waals surface area contributed by atoms with E-state index in [0.29, 0.717) is 16.3 Å². The summed E-state index contributed by atoms with van der Waals surface area (Å²) in [6.07, 6.45) is 0.915.